The van der Waals surface area contributed by atoms with Gasteiger partial charge in [-0.2, -0.15) is 11.3 Å². The van der Waals surface area contributed by atoms with E-state index >= 15 is 0 Å². The molecule has 4 heteroatoms. The van der Waals surface area contributed by atoms with Gasteiger partial charge in [0, 0.05) is 17.0 Å². The van der Waals surface area contributed by atoms with Gasteiger partial charge in [-0.1, -0.05) is 6.92 Å². The van der Waals surface area contributed by atoms with E-state index in [-0.39, 0.29) is 5.82 Å². The fourth-order valence-corrected chi connectivity index (χ4v) is 3.80. The number of halogens is 1. The van der Waals surface area contributed by atoms with Crippen molar-refractivity contribution in [2.45, 2.75) is 13.3 Å². The number of aromatic nitrogens is 1. The first-order chi connectivity index (χ1) is 8.28. The molecule has 0 bridgehead atoms. The fourth-order valence-electron chi connectivity index (χ4n) is 1.80. The SMILES string of the molecule is CCc1cscc1-c1nc2cc(F)ccc2s1. The summed E-state index contributed by atoms with van der Waals surface area (Å²) in [5, 5.41) is 5.26. The van der Waals surface area contributed by atoms with Crippen LogP contribution in [0.1, 0.15) is 12.5 Å². The van der Waals surface area contributed by atoms with Crippen molar-refractivity contribution in [1.82, 2.24) is 4.98 Å². The molecule has 0 spiro atoms. The summed E-state index contributed by atoms with van der Waals surface area (Å²) in [7, 11) is 0. The van der Waals surface area contributed by atoms with Crippen LogP contribution in [-0.4, -0.2) is 4.98 Å². The third-order valence-corrected chi connectivity index (χ3v) is 4.57. The van der Waals surface area contributed by atoms with Gasteiger partial charge in [-0.15, -0.1) is 11.3 Å². The monoisotopic (exact) mass is 263 g/mol. The number of rotatable bonds is 2. The Morgan fingerprint density at radius 2 is 2.18 bits per heavy atom. The molecule has 1 nitrogen and oxygen atoms in total. The predicted molar refractivity (Wildman–Crippen MR) is 72.3 cm³/mol. The van der Waals surface area contributed by atoms with Gasteiger partial charge in [-0.25, -0.2) is 9.37 Å². The summed E-state index contributed by atoms with van der Waals surface area (Å²) in [5.74, 6) is -0.226. The van der Waals surface area contributed by atoms with E-state index in [1.54, 1.807) is 28.7 Å². The molecule has 17 heavy (non-hydrogen) atoms. The van der Waals surface area contributed by atoms with E-state index in [2.05, 4.69) is 22.7 Å². The van der Waals surface area contributed by atoms with E-state index in [0.29, 0.717) is 0 Å². The van der Waals surface area contributed by atoms with Crippen LogP contribution in [0.4, 0.5) is 4.39 Å². The zero-order valence-corrected chi connectivity index (χ0v) is 10.9. The van der Waals surface area contributed by atoms with Gasteiger partial charge in [0.2, 0.25) is 0 Å². The molecule has 3 rings (SSSR count). The minimum absolute atomic E-state index is 0.226. The van der Waals surface area contributed by atoms with Crippen LogP contribution in [0.3, 0.4) is 0 Å². The predicted octanol–water partition coefficient (Wildman–Crippen LogP) is 4.73. The number of aryl methyl sites for hydroxylation is 1. The Balaban J connectivity index is 2.18. The molecule has 0 unspecified atom stereocenters. The van der Waals surface area contributed by atoms with Crippen LogP contribution in [0.25, 0.3) is 20.8 Å². The van der Waals surface area contributed by atoms with Crippen molar-refractivity contribution in [2.24, 2.45) is 0 Å². The van der Waals surface area contributed by atoms with Crippen molar-refractivity contribution < 1.29 is 4.39 Å². The van der Waals surface area contributed by atoms with Gasteiger partial charge in [0.15, 0.2) is 0 Å². The van der Waals surface area contributed by atoms with E-state index in [1.165, 1.54) is 23.3 Å². The van der Waals surface area contributed by atoms with Crippen molar-refractivity contribution in [2.75, 3.05) is 0 Å². The van der Waals surface area contributed by atoms with Gasteiger partial charge in [-0.05, 0) is 29.5 Å². The van der Waals surface area contributed by atoms with E-state index in [1.807, 2.05) is 0 Å². The highest BCUT2D eigenvalue weighted by atomic mass is 32.1. The summed E-state index contributed by atoms with van der Waals surface area (Å²) in [4.78, 5) is 4.51. The zero-order chi connectivity index (χ0) is 11.8. The molecule has 2 heterocycles. The lowest BCUT2D eigenvalue weighted by molar-refractivity contribution is 0.629. The highest BCUT2D eigenvalue weighted by molar-refractivity contribution is 7.22. The fraction of sp³-hybridized carbons (Fsp3) is 0.154. The largest absolute Gasteiger partial charge is 0.236 e. The molecule has 0 aliphatic rings. The van der Waals surface area contributed by atoms with Crippen molar-refractivity contribution in [3.63, 3.8) is 0 Å². The molecule has 0 N–H and O–H groups in total. The summed E-state index contributed by atoms with van der Waals surface area (Å²) >= 11 is 3.31. The Morgan fingerprint density at radius 3 is 3.00 bits per heavy atom. The Kier molecular flexibility index (Phi) is 2.68. The smallest absolute Gasteiger partial charge is 0.125 e. The quantitative estimate of drug-likeness (QED) is 0.651. The molecular formula is C13H10FNS2. The molecule has 86 valence electrons. The number of thiazole rings is 1. The van der Waals surface area contributed by atoms with E-state index in [0.717, 1.165) is 21.6 Å². The number of benzene rings is 1. The lowest BCUT2D eigenvalue weighted by Gasteiger charge is -1.95. The Morgan fingerprint density at radius 1 is 1.29 bits per heavy atom. The van der Waals surface area contributed by atoms with Gasteiger partial charge in [0.25, 0.3) is 0 Å². The number of fused-ring (bicyclic) bond motifs is 1. The first-order valence-corrected chi connectivity index (χ1v) is 7.15. The topological polar surface area (TPSA) is 12.9 Å². The lowest BCUT2D eigenvalue weighted by Crippen LogP contribution is -1.80. The van der Waals surface area contributed by atoms with Crippen LogP contribution in [-0.2, 0) is 6.42 Å². The van der Waals surface area contributed by atoms with Crippen LogP contribution in [0.5, 0.6) is 0 Å². The normalized spacial score (nSPS) is 11.2. The van der Waals surface area contributed by atoms with Gasteiger partial charge in [0.05, 0.1) is 10.2 Å². The molecule has 0 aliphatic carbocycles. The zero-order valence-electron chi connectivity index (χ0n) is 9.24. The van der Waals surface area contributed by atoms with E-state index < -0.39 is 0 Å². The Bertz CT molecular complexity index is 669. The number of thiophene rings is 1. The van der Waals surface area contributed by atoms with Crippen LogP contribution < -0.4 is 0 Å². The molecule has 0 aliphatic heterocycles. The summed E-state index contributed by atoms with van der Waals surface area (Å²) in [6.07, 6.45) is 1.00. The van der Waals surface area contributed by atoms with Crippen LogP contribution in [0.15, 0.2) is 29.0 Å². The summed E-state index contributed by atoms with van der Waals surface area (Å²) in [6, 6.07) is 4.77. The molecule has 3 aromatic rings. The summed E-state index contributed by atoms with van der Waals surface area (Å²) in [6.45, 7) is 2.14. The number of hydrogen-bond acceptors (Lipinski definition) is 3. The third-order valence-electron chi connectivity index (χ3n) is 2.70. The molecule has 0 fully saturated rings. The van der Waals surface area contributed by atoms with Crippen LogP contribution in [0, 0.1) is 5.82 Å². The lowest BCUT2D eigenvalue weighted by atomic mass is 10.1. The van der Waals surface area contributed by atoms with Crippen LogP contribution in [0.2, 0.25) is 0 Å². The molecule has 0 radical (unpaired) electrons. The highest BCUT2D eigenvalue weighted by Crippen LogP contribution is 2.34. The molecule has 0 amide bonds. The average molecular weight is 263 g/mol. The standard InChI is InChI=1S/C13H10FNS2/c1-2-8-6-16-7-10(8)13-15-11-5-9(14)3-4-12(11)17-13/h3-7H,2H2,1H3. The third kappa shape index (κ3) is 1.87. The van der Waals surface area contributed by atoms with Gasteiger partial charge in [0.1, 0.15) is 10.8 Å². The van der Waals surface area contributed by atoms with Crippen molar-refractivity contribution in [3.8, 4) is 10.6 Å². The molecular weight excluding hydrogens is 253 g/mol. The van der Waals surface area contributed by atoms with Gasteiger partial charge < -0.3 is 0 Å². The van der Waals surface area contributed by atoms with Gasteiger partial charge >= 0.3 is 0 Å². The van der Waals surface area contributed by atoms with E-state index in [9.17, 15) is 4.39 Å². The molecule has 1 aromatic carbocycles. The molecule has 0 atom stereocenters. The van der Waals surface area contributed by atoms with Gasteiger partial charge in [-0.3, -0.25) is 0 Å². The minimum Gasteiger partial charge on any atom is -0.236 e. The first-order valence-electron chi connectivity index (χ1n) is 5.39. The van der Waals surface area contributed by atoms with Crippen LogP contribution >= 0.6 is 22.7 Å². The maximum atomic E-state index is 13.1. The summed E-state index contributed by atoms with van der Waals surface area (Å²) in [5.41, 5.74) is 3.26. The Hall–Kier alpha value is -1.26. The first kappa shape index (κ1) is 10.9. The highest BCUT2D eigenvalue weighted by Gasteiger charge is 2.10. The molecule has 2 aromatic heterocycles. The van der Waals surface area contributed by atoms with E-state index in [4.69, 9.17) is 0 Å². The van der Waals surface area contributed by atoms with Crippen molar-refractivity contribution in [3.05, 3.63) is 40.3 Å². The second-order valence-corrected chi connectivity index (χ2v) is 5.57. The summed E-state index contributed by atoms with van der Waals surface area (Å²) < 4.78 is 14.1. The van der Waals surface area contributed by atoms with Crippen molar-refractivity contribution >= 4 is 32.9 Å². The number of nitrogens with zero attached hydrogens (tertiary/aromatic N) is 1. The Labute approximate surface area is 107 Å². The maximum absolute atomic E-state index is 13.1. The number of hydrogen-bond donors (Lipinski definition) is 0. The minimum atomic E-state index is -0.226. The average Bonchev–Trinajstić information content (AvgIpc) is 2.93. The maximum Gasteiger partial charge on any atom is 0.125 e. The molecule has 0 saturated heterocycles. The second kappa shape index (κ2) is 4.20. The van der Waals surface area contributed by atoms with Crippen molar-refractivity contribution in [1.29, 1.82) is 0 Å². The second-order valence-electron chi connectivity index (χ2n) is 3.80. The molecule has 0 saturated carbocycles.